The Bertz CT molecular complexity index is 343. The molecule has 0 aromatic rings. The summed E-state index contributed by atoms with van der Waals surface area (Å²) in [6, 6.07) is -0.000110. The fraction of sp³-hybridized carbons (Fsp3) is 0.917. The highest BCUT2D eigenvalue weighted by Crippen LogP contribution is 2.46. The van der Waals surface area contributed by atoms with E-state index in [2.05, 4.69) is 5.32 Å². The number of nitrogens with one attached hydrogen (secondary N) is 1. The Kier molecular flexibility index (Phi) is 2.47. The molecule has 0 aromatic heterocycles. The molecule has 2 aliphatic heterocycles. The normalized spacial score (nSPS) is 45.9. The van der Waals surface area contributed by atoms with Gasteiger partial charge in [0.05, 0.1) is 12.7 Å². The number of hydrogen-bond donors (Lipinski definition) is 1. The molecule has 0 unspecified atom stereocenters. The first kappa shape index (κ1) is 11.4. The molecule has 1 N–H and O–H groups in total. The summed E-state index contributed by atoms with van der Waals surface area (Å²) in [5, 5.41) is 3.30. The third kappa shape index (κ3) is 1.68. The molecule has 2 heterocycles. The van der Waals surface area contributed by atoms with Gasteiger partial charge in [0.1, 0.15) is 12.1 Å². The van der Waals surface area contributed by atoms with Crippen molar-refractivity contribution in [2.45, 2.75) is 57.3 Å². The van der Waals surface area contributed by atoms with Gasteiger partial charge in [0.25, 0.3) is 0 Å². The largest absolute Gasteiger partial charge is 0.465 e. The molecule has 17 heavy (non-hydrogen) atoms. The second kappa shape index (κ2) is 3.67. The number of hydrogen-bond acceptors (Lipinski definition) is 5. The van der Waals surface area contributed by atoms with Gasteiger partial charge < -0.3 is 14.2 Å². The predicted octanol–water partition coefficient (Wildman–Crippen LogP) is 0.430. The van der Waals surface area contributed by atoms with Crippen molar-refractivity contribution in [3.63, 3.8) is 0 Å². The third-order valence-electron chi connectivity index (χ3n) is 3.87. The molecule has 0 spiro atoms. The Morgan fingerprint density at radius 2 is 2.12 bits per heavy atom. The van der Waals surface area contributed by atoms with Crippen molar-refractivity contribution in [1.29, 1.82) is 0 Å². The standard InChI is InChI=1S/C12H19NO4/c1-4-15-11(14)8-6-5-7(13-8)10-9(6)16-12(2,3)17-10/h6-10,13H,4-5H2,1-3H3/t6-,7-,8-,9-,10+/m1/s1. The highest BCUT2D eigenvalue weighted by molar-refractivity contribution is 5.77. The van der Waals surface area contributed by atoms with Crippen LogP contribution in [0.1, 0.15) is 27.2 Å². The van der Waals surface area contributed by atoms with Crippen LogP contribution in [0.15, 0.2) is 0 Å². The van der Waals surface area contributed by atoms with Gasteiger partial charge in [-0.25, -0.2) is 0 Å². The maximum atomic E-state index is 11.8. The number of ether oxygens (including phenoxy) is 3. The zero-order valence-corrected chi connectivity index (χ0v) is 10.4. The highest BCUT2D eigenvalue weighted by atomic mass is 16.8. The average Bonchev–Trinajstić information content (AvgIpc) is 2.85. The minimum absolute atomic E-state index is 0.0330. The van der Waals surface area contributed by atoms with Crippen LogP contribution in [0.3, 0.4) is 0 Å². The first-order valence-corrected chi connectivity index (χ1v) is 6.30. The van der Waals surface area contributed by atoms with Crippen LogP contribution in [-0.2, 0) is 19.0 Å². The SMILES string of the molecule is CCOC(=O)[C@@H]1N[C@@H]2C[C@H]1[C@H]1OC(C)(C)O[C@H]12. The minimum Gasteiger partial charge on any atom is -0.465 e. The van der Waals surface area contributed by atoms with E-state index >= 15 is 0 Å². The zero-order chi connectivity index (χ0) is 12.2. The fourth-order valence-electron chi connectivity index (χ4n) is 3.34. The van der Waals surface area contributed by atoms with E-state index in [4.69, 9.17) is 14.2 Å². The van der Waals surface area contributed by atoms with Crippen molar-refractivity contribution in [1.82, 2.24) is 5.32 Å². The minimum atomic E-state index is -0.530. The molecular formula is C12H19NO4. The number of rotatable bonds is 2. The lowest BCUT2D eigenvalue weighted by atomic mass is 9.96. The van der Waals surface area contributed by atoms with E-state index < -0.39 is 5.79 Å². The molecular weight excluding hydrogens is 222 g/mol. The predicted molar refractivity (Wildman–Crippen MR) is 59.3 cm³/mol. The van der Waals surface area contributed by atoms with E-state index in [0.29, 0.717) is 6.61 Å². The quantitative estimate of drug-likeness (QED) is 0.710. The first-order valence-electron chi connectivity index (χ1n) is 6.30. The summed E-state index contributed by atoms with van der Waals surface area (Å²) < 4.78 is 16.8. The first-order chi connectivity index (χ1) is 8.02. The van der Waals surface area contributed by atoms with Crippen molar-refractivity contribution in [2.24, 2.45) is 5.92 Å². The van der Waals surface area contributed by atoms with Crippen LogP contribution < -0.4 is 5.32 Å². The Labute approximate surface area is 101 Å². The lowest BCUT2D eigenvalue weighted by Gasteiger charge is -2.28. The summed E-state index contributed by atoms with van der Waals surface area (Å²) in [6.45, 7) is 6.09. The maximum Gasteiger partial charge on any atom is 0.323 e. The van der Waals surface area contributed by atoms with E-state index in [1.807, 2.05) is 20.8 Å². The van der Waals surface area contributed by atoms with Crippen LogP contribution in [0.2, 0.25) is 0 Å². The molecule has 1 aliphatic carbocycles. The molecule has 5 atom stereocenters. The molecule has 0 aromatic carbocycles. The van der Waals surface area contributed by atoms with Gasteiger partial charge in [-0.3, -0.25) is 10.1 Å². The summed E-state index contributed by atoms with van der Waals surface area (Å²) in [4.78, 5) is 11.8. The number of esters is 1. The Morgan fingerprint density at radius 3 is 2.82 bits per heavy atom. The Hall–Kier alpha value is -0.650. The van der Waals surface area contributed by atoms with Crippen molar-refractivity contribution in [3.8, 4) is 0 Å². The van der Waals surface area contributed by atoms with Crippen molar-refractivity contribution >= 4 is 5.97 Å². The molecule has 2 saturated heterocycles. The van der Waals surface area contributed by atoms with E-state index in [-0.39, 0.29) is 36.2 Å². The second-order valence-electron chi connectivity index (χ2n) is 5.47. The van der Waals surface area contributed by atoms with Crippen LogP contribution >= 0.6 is 0 Å². The van der Waals surface area contributed by atoms with Crippen LogP contribution in [0.4, 0.5) is 0 Å². The number of piperidine rings is 1. The molecule has 5 nitrogen and oxygen atoms in total. The monoisotopic (exact) mass is 241 g/mol. The van der Waals surface area contributed by atoms with Crippen LogP contribution in [0, 0.1) is 5.92 Å². The fourth-order valence-corrected chi connectivity index (χ4v) is 3.34. The molecule has 96 valence electrons. The molecule has 1 saturated carbocycles. The molecule has 2 bridgehead atoms. The van der Waals surface area contributed by atoms with E-state index in [1.54, 1.807) is 0 Å². The van der Waals surface area contributed by atoms with Crippen molar-refractivity contribution in [3.05, 3.63) is 0 Å². The summed E-state index contributed by atoms with van der Waals surface area (Å²) in [7, 11) is 0. The molecule has 3 rings (SSSR count). The van der Waals surface area contributed by atoms with Crippen LogP contribution in [0.25, 0.3) is 0 Å². The molecule has 0 radical (unpaired) electrons. The van der Waals surface area contributed by atoms with Crippen LogP contribution in [-0.4, -0.2) is 42.7 Å². The maximum absolute atomic E-state index is 11.8. The average molecular weight is 241 g/mol. The topological polar surface area (TPSA) is 56.8 Å². The second-order valence-corrected chi connectivity index (χ2v) is 5.47. The summed E-state index contributed by atoms with van der Waals surface area (Å²) in [5.74, 6) is -0.505. The number of carbonyl (C=O) groups is 1. The molecule has 3 aliphatic rings. The van der Waals surface area contributed by atoms with E-state index in [1.165, 1.54) is 0 Å². The van der Waals surface area contributed by atoms with Gasteiger partial charge in [0.2, 0.25) is 0 Å². The van der Waals surface area contributed by atoms with Crippen molar-refractivity contribution < 1.29 is 19.0 Å². The highest BCUT2D eigenvalue weighted by Gasteiger charge is 2.61. The van der Waals surface area contributed by atoms with E-state index in [0.717, 1.165) is 6.42 Å². The lowest BCUT2D eigenvalue weighted by molar-refractivity contribution is -0.158. The Morgan fingerprint density at radius 1 is 1.41 bits per heavy atom. The van der Waals surface area contributed by atoms with Gasteiger partial charge in [0, 0.05) is 12.0 Å². The summed E-state index contributed by atoms with van der Waals surface area (Å²) in [5.41, 5.74) is 0. The summed E-state index contributed by atoms with van der Waals surface area (Å²) in [6.07, 6.45) is 1.06. The Balaban J connectivity index is 1.74. The number of fused-ring (bicyclic) bond motifs is 5. The molecule has 3 fully saturated rings. The van der Waals surface area contributed by atoms with Gasteiger partial charge >= 0.3 is 5.97 Å². The van der Waals surface area contributed by atoms with Gasteiger partial charge in [-0.2, -0.15) is 0 Å². The smallest absolute Gasteiger partial charge is 0.323 e. The van der Waals surface area contributed by atoms with Gasteiger partial charge in [0.15, 0.2) is 5.79 Å². The summed E-state index contributed by atoms with van der Waals surface area (Å²) >= 11 is 0. The molecule has 0 amide bonds. The zero-order valence-electron chi connectivity index (χ0n) is 10.4. The van der Waals surface area contributed by atoms with Gasteiger partial charge in [-0.05, 0) is 27.2 Å². The van der Waals surface area contributed by atoms with Gasteiger partial charge in [-0.1, -0.05) is 0 Å². The third-order valence-corrected chi connectivity index (χ3v) is 3.87. The number of carbonyl (C=O) groups excluding carboxylic acids is 1. The van der Waals surface area contributed by atoms with E-state index in [9.17, 15) is 4.79 Å². The van der Waals surface area contributed by atoms with Crippen LogP contribution in [0.5, 0.6) is 0 Å². The van der Waals surface area contributed by atoms with Crippen molar-refractivity contribution in [2.75, 3.05) is 6.61 Å². The van der Waals surface area contributed by atoms with Gasteiger partial charge in [-0.15, -0.1) is 0 Å². The lowest BCUT2D eigenvalue weighted by Crippen LogP contribution is -2.53. The molecule has 5 heteroatoms.